The minimum absolute atomic E-state index is 0.00481. The van der Waals surface area contributed by atoms with Gasteiger partial charge >= 0.3 is 0 Å². The molecule has 0 spiro atoms. The Morgan fingerprint density at radius 1 is 1.12 bits per heavy atom. The average molecular weight is 361 g/mol. The minimum Gasteiger partial charge on any atom is -0.322 e. The summed E-state index contributed by atoms with van der Waals surface area (Å²) in [4.78, 5) is 12.3. The van der Waals surface area contributed by atoms with Gasteiger partial charge in [-0.15, -0.1) is 0 Å². The predicted molar refractivity (Wildman–Crippen MR) is 97.1 cm³/mol. The number of rotatable bonds is 5. The number of carbonyl (C=O) groups is 1. The molecule has 0 aliphatic heterocycles. The van der Waals surface area contributed by atoms with Gasteiger partial charge in [-0.25, -0.2) is 8.42 Å². The standard InChI is InChI=1S/C16H15N3O3S2/c1-2-24(21,22)19-13-5-3-11(4-6-13)16(20)18-14-7-8-15-12(9-14)10-17-23-15/h3-10,19H,2H2,1H3,(H,18,20). The van der Waals surface area contributed by atoms with Gasteiger partial charge in [0.05, 0.1) is 10.5 Å². The van der Waals surface area contributed by atoms with E-state index >= 15 is 0 Å². The Hall–Kier alpha value is -2.45. The number of aromatic nitrogens is 1. The van der Waals surface area contributed by atoms with Crippen molar-refractivity contribution in [1.29, 1.82) is 0 Å². The van der Waals surface area contributed by atoms with Crippen molar-refractivity contribution >= 4 is 48.9 Å². The van der Waals surface area contributed by atoms with Crippen LogP contribution in [-0.4, -0.2) is 24.5 Å². The summed E-state index contributed by atoms with van der Waals surface area (Å²) >= 11 is 1.40. The molecule has 0 fully saturated rings. The molecule has 6 nitrogen and oxygen atoms in total. The zero-order chi connectivity index (χ0) is 17.2. The van der Waals surface area contributed by atoms with E-state index in [1.54, 1.807) is 37.4 Å². The summed E-state index contributed by atoms with van der Waals surface area (Å²) in [6, 6.07) is 11.9. The van der Waals surface area contributed by atoms with E-state index in [9.17, 15) is 13.2 Å². The quantitative estimate of drug-likeness (QED) is 0.730. The highest BCUT2D eigenvalue weighted by Crippen LogP contribution is 2.22. The molecule has 0 atom stereocenters. The molecule has 0 aliphatic rings. The van der Waals surface area contributed by atoms with Gasteiger partial charge in [0.1, 0.15) is 0 Å². The molecule has 0 radical (unpaired) electrons. The summed E-state index contributed by atoms with van der Waals surface area (Å²) in [6.07, 6.45) is 1.75. The van der Waals surface area contributed by atoms with Crippen LogP contribution in [-0.2, 0) is 10.0 Å². The molecule has 1 aromatic heterocycles. The lowest BCUT2D eigenvalue weighted by atomic mass is 10.2. The van der Waals surface area contributed by atoms with Crippen molar-refractivity contribution in [1.82, 2.24) is 4.37 Å². The SMILES string of the molecule is CCS(=O)(=O)Nc1ccc(C(=O)Nc2ccc3sncc3c2)cc1. The summed E-state index contributed by atoms with van der Waals surface area (Å²) in [5, 5.41) is 3.79. The number of hydrogen-bond donors (Lipinski definition) is 2. The van der Waals surface area contributed by atoms with Crippen molar-refractivity contribution in [2.45, 2.75) is 6.92 Å². The number of nitrogens with one attached hydrogen (secondary N) is 2. The van der Waals surface area contributed by atoms with Crippen molar-refractivity contribution in [3.8, 4) is 0 Å². The predicted octanol–water partition coefficient (Wildman–Crippen LogP) is 3.31. The second-order valence-corrected chi connectivity index (χ2v) is 7.96. The zero-order valence-electron chi connectivity index (χ0n) is 12.8. The summed E-state index contributed by atoms with van der Waals surface area (Å²) in [5.74, 6) is -0.266. The highest BCUT2D eigenvalue weighted by Gasteiger charge is 2.09. The third kappa shape index (κ3) is 3.72. The summed E-state index contributed by atoms with van der Waals surface area (Å²) < 4.78 is 30.6. The first-order valence-electron chi connectivity index (χ1n) is 7.23. The molecule has 2 N–H and O–H groups in total. The van der Waals surface area contributed by atoms with Crippen LogP contribution < -0.4 is 10.0 Å². The number of nitrogens with zero attached hydrogens (tertiary/aromatic N) is 1. The molecular formula is C16H15N3O3S2. The van der Waals surface area contributed by atoms with E-state index in [4.69, 9.17) is 0 Å². The molecule has 8 heteroatoms. The number of fused-ring (bicyclic) bond motifs is 1. The van der Waals surface area contributed by atoms with Gasteiger partial charge < -0.3 is 5.32 Å². The van der Waals surface area contributed by atoms with Crippen molar-refractivity contribution < 1.29 is 13.2 Å². The van der Waals surface area contributed by atoms with E-state index in [0.29, 0.717) is 16.9 Å². The van der Waals surface area contributed by atoms with E-state index in [1.807, 2.05) is 18.2 Å². The molecule has 0 saturated heterocycles. The molecule has 124 valence electrons. The smallest absolute Gasteiger partial charge is 0.255 e. The molecule has 3 rings (SSSR count). The lowest BCUT2D eigenvalue weighted by Gasteiger charge is -2.08. The second-order valence-electron chi connectivity index (χ2n) is 5.12. The molecular weight excluding hydrogens is 346 g/mol. The van der Waals surface area contributed by atoms with Crippen LogP contribution in [0.15, 0.2) is 48.7 Å². The maximum atomic E-state index is 12.3. The third-order valence-corrected chi connectivity index (χ3v) is 5.50. The molecule has 1 amide bonds. The molecule has 3 aromatic rings. The van der Waals surface area contributed by atoms with E-state index in [2.05, 4.69) is 14.4 Å². The molecule has 24 heavy (non-hydrogen) atoms. The van der Waals surface area contributed by atoms with E-state index in [-0.39, 0.29) is 11.7 Å². The van der Waals surface area contributed by atoms with Gasteiger partial charge in [-0.3, -0.25) is 9.52 Å². The van der Waals surface area contributed by atoms with Gasteiger partial charge in [-0.05, 0) is 60.9 Å². The maximum absolute atomic E-state index is 12.3. The first kappa shape index (κ1) is 16.4. The lowest BCUT2D eigenvalue weighted by molar-refractivity contribution is 0.102. The van der Waals surface area contributed by atoms with Crippen molar-refractivity contribution in [3.63, 3.8) is 0 Å². The van der Waals surface area contributed by atoms with Crippen LogP contribution in [0.5, 0.6) is 0 Å². The van der Waals surface area contributed by atoms with Crippen LogP contribution in [0, 0.1) is 0 Å². The lowest BCUT2D eigenvalue weighted by Crippen LogP contribution is -2.15. The molecule has 0 unspecified atom stereocenters. The Morgan fingerprint density at radius 3 is 2.54 bits per heavy atom. The van der Waals surface area contributed by atoms with Crippen LogP contribution in [0.2, 0.25) is 0 Å². The Bertz CT molecular complexity index is 979. The zero-order valence-corrected chi connectivity index (χ0v) is 14.4. The average Bonchev–Trinajstić information content (AvgIpc) is 3.03. The molecule has 2 aromatic carbocycles. The molecule has 0 bridgehead atoms. The number of sulfonamides is 1. The van der Waals surface area contributed by atoms with Crippen molar-refractivity contribution in [2.24, 2.45) is 0 Å². The Balaban J connectivity index is 1.72. The molecule has 1 heterocycles. The fourth-order valence-electron chi connectivity index (χ4n) is 2.09. The molecule has 0 aliphatic carbocycles. The Kier molecular flexibility index (Phi) is 4.50. The molecule has 0 saturated carbocycles. The number of hydrogen-bond acceptors (Lipinski definition) is 5. The van der Waals surface area contributed by atoms with E-state index < -0.39 is 10.0 Å². The monoisotopic (exact) mass is 361 g/mol. The first-order valence-corrected chi connectivity index (χ1v) is 9.66. The second kappa shape index (κ2) is 6.58. The highest BCUT2D eigenvalue weighted by molar-refractivity contribution is 7.92. The van der Waals surface area contributed by atoms with Gasteiger partial charge in [0.25, 0.3) is 5.91 Å². The van der Waals surface area contributed by atoms with Crippen LogP contribution in [0.4, 0.5) is 11.4 Å². The largest absolute Gasteiger partial charge is 0.322 e. The fraction of sp³-hybridized carbons (Fsp3) is 0.125. The van der Waals surface area contributed by atoms with Crippen LogP contribution in [0.1, 0.15) is 17.3 Å². The van der Waals surface area contributed by atoms with Gasteiger partial charge in [-0.2, -0.15) is 4.37 Å². The number of carbonyl (C=O) groups excluding carboxylic acids is 1. The number of benzene rings is 2. The maximum Gasteiger partial charge on any atom is 0.255 e. The Morgan fingerprint density at radius 2 is 1.83 bits per heavy atom. The van der Waals surface area contributed by atoms with Crippen molar-refractivity contribution in [2.75, 3.05) is 15.8 Å². The third-order valence-electron chi connectivity index (χ3n) is 3.41. The van der Waals surface area contributed by atoms with E-state index in [0.717, 1.165) is 10.1 Å². The van der Waals surface area contributed by atoms with Gasteiger partial charge in [-0.1, -0.05) is 0 Å². The number of anilines is 2. The Labute approximate surface area is 143 Å². The van der Waals surface area contributed by atoms with Crippen molar-refractivity contribution in [3.05, 3.63) is 54.2 Å². The highest BCUT2D eigenvalue weighted by atomic mass is 32.2. The van der Waals surface area contributed by atoms with Gasteiger partial charge in [0.15, 0.2) is 0 Å². The summed E-state index contributed by atoms with van der Waals surface area (Å²) in [7, 11) is -3.32. The summed E-state index contributed by atoms with van der Waals surface area (Å²) in [6.45, 7) is 1.56. The normalized spacial score (nSPS) is 11.4. The van der Waals surface area contributed by atoms with Crippen LogP contribution in [0.3, 0.4) is 0 Å². The number of amides is 1. The topological polar surface area (TPSA) is 88.2 Å². The van der Waals surface area contributed by atoms with Gasteiger partial charge in [0.2, 0.25) is 10.0 Å². The minimum atomic E-state index is -3.32. The van der Waals surface area contributed by atoms with Gasteiger partial charge in [0, 0.05) is 28.5 Å². The van der Waals surface area contributed by atoms with E-state index in [1.165, 1.54) is 11.5 Å². The van der Waals surface area contributed by atoms with Crippen LogP contribution in [0.25, 0.3) is 10.1 Å². The first-order chi connectivity index (χ1) is 11.5. The van der Waals surface area contributed by atoms with Crippen LogP contribution >= 0.6 is 11.5 Å². The fourth-order valence-corrected chi connectivity index (χ4v) is 3.36. The summed E-state index contributed by atoms with van der Waals surface area (Å²) in [5.41, 5.74) is 1.56.